The van der Waals surface area contributed by atoms with Crippen LogP contribution in [0.1, 0.15) is 16.8 Å². The number of hydrogen-bond donors (Lipinski definition) is 0. The van der Waals surface area contributed by atoms with E-state index in [2.05, 4.69) is 19.9 Å². The fourth-order valence-corrected chi connectivity index (χ4v) is 3.01. The Morgan fingerprint density at radius 2 is 2.21 bits per heavy atom. The number of rotatable bonds is 3. The van der Waals surface area contributed by atoms with Gasteiger partial charge in [-0.1, -0.05) is 11.6 Å². The van der Waals surface area contributed by atoms with Crippen molar-refractivity contribution in [1.29, 1.82) is 0 Å². The van der Waals surface area contributed by atoms with E-state index >= 15 is 0 Å². The van der Waals surface area contributed by atoms with E-state index in [1.165, 1.54) is 6.07 Å². The molecule has 4 heterocycles. The van der Waals surface area contributed by atoms with Crippen LogP contribution in [-0.4, -0.2) is 26.4 Å². The minimum absolute atomic E-state index is 0.339. The van der Waals surface area contributed by atoms with Crippen molar-refractivity contribution in [3.8, 4) is 11.6 Å². The predicted octanol–water partition coefficient (Wildman–Crippen LogP) is 3.48. The topological polar surface area (TPSA) is 55.1 Å². The Balaban J connectivity index is 1.53. The van der Waals surface area contributed by atoms with Gasteiger partial charge < -0.3 is 4.42 Å². The molecule has 4 rings (SSSR count). The maximum Gasteiger partial charge on any atom is 0.195 e. The van der Waals surface area contributed by atoms with E-state index in [1.54, 1.807) is 6.26 Å². The lowest BCUT2D eigenvalue weighted by atomic mass is 10.1. The predicted molar refractivity (Wildman–Crippen MR) is 86.8 cm³/mol. The maximum atomic E-state index is 13.4. The van der Waals surface area contributed by atoms with E-state index in [1.807, 2.05) is 18.3 Å². The van der Waals surface area contributed by atoms with Crippen molar-refractivity contribution in [3.63, 3.8) is 0 Å². The van der Waals surface area contributed by atoms with Gasteiger partial charge in [-0.25, -0.2) is 19.3 Å². The second-order valence-electron chi connectivity index (χ2n) is 5.71. The van der Waals surface area contributed by atoms with Gasteiger partial charge in [0, 0.05) is 43.4 Å². The molecular formula is C17H14ClFN4O. The number of halogens is 2. The third-order valence-corrected chi connectivity index (χ3v) is 4.37. The van der Waals surface area contributed by atoms with E-state index in [0.29, 0.717) is 35.4 Å². The van der Waals surface area contributed by atoms with Crippen LogP contribution in [-0.2, 0) is 19.5 Å². The summed E-state index contributed by atoms with van der Waals surface area (Å²) in [5.41, 5.74) is 2.78. The molecule has 0 bridgehead atoms. The molecule has 1 aliphatic rings. The lowest BCUT2D eigenvalue weighted by Gasteiger charge is -2.28. The highest BCUT2D eigenvalue weighted by Gasteiger charge is 2.20. The average molecular weight is 345 g/mol. The summed E-state index contributed by atoms with van der Waals surface area (Å²) < 4.78 is 18.7. The molecule has 0 saturated carbocycles. The second-order valence-corrected chi connectivity index (χ2v) is 6.06. The molecule has 0 radical (unpaired) electrons. The summed E-state index contributed by atoms with van der Waals surface area (Å²) in [5.74, 6) is 0.889. The molecule has 0 aromatic carbocycles. The number of aromatic nitrogens is 3. The van der Waals surface area contributed by atoms with Crippen LogP contribution in [0.15, 0.2) is 41.3 Å². The molecule has 0 amide bonds. The fourth-order valence-electron chi connectivity index (χ4n) is 2.85. The number of furan rings is 1. The molecule has 1 aliphatic heterocycles. The van der Waals surface area contributed by atoms with Crippen molar-refractivity contribution in [1.82, 2.24) is 19.9 Å². The molecule has 0 spiro atoms. The van der Waals surface area contributed by atoms with Gasteiger partial charge in [-0.15, -0.1) is 0 Å². The summed E-state index contributed by atoms with van der Waals surface area (Å²) >= 11 is 6.05. The van der Waals surface area contributed by atoms with Crippen LogP contribution in [0.2, 0.25) is 5.15 Å². The third kappa shape index (κ3) is 3.02. The number of nitrogens with zero attached hydrogens (tertiary/aromatic N) is 4. The van der Waals surface area contributed by atoms with Gasteiger partial charge in [0.05, 0.1) is 18.2 Å². The van der Waals surface area contributed by atoms with E-state index in [4.69, 9.17) is 16.0 Å². The smallest absolute Gasteiger partial charge is 0.195 e. The average Bonchev–Trinajstić information content (AvgIpc) is 3.12. The van der Waals surface area contributed by atoms with Gasteiger partial charge in [0.2, 0.25) is 0 Å². The zero-order chi connectivity index (χ0) is 16.5. The molecule has 3 aromatic rings. The molecule has 0 N–H and O–H groups in total. The van der Waals surface area contributed by atoms with E-state index < -0.39 is 0 Å². The number of pyridine rings is 1. The van der Waals surface area contributed by atoms with Crippen LogP contribution < -0.4 is 0 Å². The maximum absolute atomic E-state index is 13.4. The molecule has 0 atom stereocenters. The van der Waals surface area contributed by atoms with Gasteiger partial charge in [0.1, 0.15) is 11.0 Å². The summed E-state index contributed by atoms with van der Waals surface area (Å²) in [6.07, 6.45) is 5.36. The summed E-state index contributed by atoms with van der Waals surface area (Å²) in [5, 5.41) is 0.339. The Morgan fingerprint density at radius 1 is 1.29 bits per heavy atom. The minimum atomic E-state index is -0.377. The molecule has 0 fully saturated rings. The Labute approximate surface area is 143 Å². The molecule has 5 nitrogen and oxygen atoms in total. The van der Waals surface area contributed by atoms with Crippen molar-refractivity contribution >= 4 is 11.6 Å². The van der Waals surface area contributed by atoms with Crippen LogP contribution in [0.3, 0.4) is 0 Å². The van der Waals surface area contributed by atoms with Crippen molar-refractivity contribution in [3.05, 3.63) is 64.6 Å². The molecule has 0 unspecified atom stereocenters. The SMILES string of the molecule is Fc1cnc(Cl)c(CN2CCc3nc(-c4ccco4)ncc3C2)c1. The van der Waals surface area contributed by atoms with Crippen LogP contribution in [0.25, 0.3) is 11.6 Å². The Kier molecular flexibility index (Phi) is 4.00. The quantitative estimate of drug-likeness (QED) is 0.681. The summed E-state index contributed by atoms with van der Waals surface area (Å²) in [6.45, 7) is 2.05. The summed E-state index contributed by atoms with van der Waals surface area (Å²) in [6, 6.07) is 5.09. The van der Waals surface area contributed by atoms with Crippen molar-refractivity contribution in [2.75, 3.05) is 6.54 Å². The first-order valence-corrected chi connectivity index (χ1v) is 7.98. The first-order valence-electron chi connectivity index (χ1n) is 7.60. The summed E-state index contributed by atoms with van der Waals surface area (Å²) in [7, 11) is 0. The van der Waals surface area contributed by atoms with Crippen LogP contribution in [0.4, 0.5) is 4.39 Å². The monoisotopic (exact) mass is 344 g/mol. The Morgan fingerprint density at radius 3 is 3.04 bits per heavy atom. The van der Waals surface area contributed by atoms with Crippen molar-refractivity contribution in [2.45, 2.75) is 19.5 Å². The van der Waals surface area contributed by atoms with Crippen molar-refractivity contribution < 1.29 is 8.81 Å². The first kappa shape index (κ1) is 15.2. The van der Waals surface area contributed by atoms with Gasteiger partial charge >= 0.3 is 0 Å². The molecule has 3 aromatic heterocycles. The number of fused-ring (bicyclic) bond motifs is 1. The number of hydrogen-bond acceptors (Lipinski definition) is 5. The Bertz CT molecular complexity index is 869. The van der Waals surface area contributed by atoms with E-state index in [-0.39, 0.29) is 5.82 Å². The van der Waals surface area contributed by atoms with Gasteiger partial charge in [-0.2, -0.15) is 0 Å². The molecule has 0 aliphatic carbocycles. The van der Waals surface area contributed by atoms with Crippen LogP contribution in [0, 0.1) is 5.82 Å². The second kappa shape index (κ2) is 6.30. The normalized spacial score (nSPS) is 14.6. The standard InChI is InChI=1S/C17H14ClFN4O/c18-16-11(6-13(19)8-20-16)9-23-4-3-14-12(10-23)7-21-17(22-14)15-2-1-5-24-15/h1-2,5-8H,3-4,9-10H2. The molecule has 122 valence electrons. The van der Waals surface area contributed by atoms with Crippen LogP contribution in [0.5, 0.6) is 0 Å². The van der Waals surface area contributed by atoms with E-state index in [9.17, 15) is 4.39 Å². The van der Waals surface area contributed by atoms with Crippen LogP contribution >= 0.6 is 11.6 Å². The van der Waals surface area contributed by atoms with Gasteiger partial charge in [0.25, 0.3) is 0 Å². The Hall–Kier alpha value is -2.31. The van der Waals surface area contributed by atoms with Gasteiger partial charge in [-0.3, -0.25) is 4.90 Å². The zero-order valence-electron chi connectivity index (χ0n) is 12.7. The highest BCUT2D eigenvalue weighted by atomic mass is 35.5. The minimum Gasteiger partial charge on any atom is -0.461 e. The molecule has 24 heavy (non-hydrogen) atoms. The molecular weight excluding hydrogens is 331 g/mol. The molecule has 0 saturated heterocycles. The largest absolute Gasteiger partial charge is 0.461 e. The fraction of sp³-hybridized carbons (Fsp3) is 0.235. The third-order valence-electron chi connectivity index (χ3n) is 4.03. The molecule has 7 heteroatoms. The van der Waals surface area contributed by atoms with E-state index in [0.717, 1.165) is 30.4 Å². The van der Waals surface area contributed by atoms with Crippen molar-refractivity contribution in [2.24, 2.45) is 0 Å². The first-order chi connectivity index (χ1) is 11.7. The highest BCUT2D eigenvalue weighted by Crippen LogP contribution is 2.23. The highest BCUT2D eigenvalue weighted by molar-refractivity contribution is 6.30. The van der Waals surface area contributed by atoms with Gasteiger partial charge in [0.15, 0.2) is 11.6 Å². The van der Waals surface area contributed by atoms with Gasteiger partial charge in [-0.05, 0) is 18.2 Å². The lowest BCUT2D eigenvalue weighted by Crippen LogP contribution is -2.31. The zero-order valence-corrected chi connectivity index (χ0v) is 13.5. The lowest BCUT2D eigenvalue weighted by molar-refractivity contribution is 0.242. The summed E-state index contributed by atoms with van der Waals surface area (Å²) in [4.78, 5) is 15.0.